The van der Waals surface area contributed by atoms with Crippen LogP contribution in [0.1, 0.15) is 22.5 Å². The standard InChI is InChI=1S/C15H12F2N2O2.CH3F/c16-8-3-4-9(12(17)6-8)11-7-13(14(18)20)19-15-10(11)2-1-5-21-15;1-2/h3-4,6-7H,1-2,5H2,(H2,18,20);1H3. The first-order valence-corrected chi connectivity index (χ1v) is 6.86. The molecule has 0 spiro atoms. The Bertz CT molecular complexity index is 736. The van der Waals surface area contributed by atoms with E-state index < -0.39 is 17.5 Å². The van der Waals surface area contributed by atoms with Gasteiger partial charge in [-0.1, -0.05) is 0 Å². The molecular weight excluding hydrogens is 309 g/mol. The van der Waals surface area contributed by atoms with Crippen molar-refractivity contribution in [2.75, 3.05) is 13.8 Å². The summed E-state index contributed by atoms with van der Waals surface area (Å²) in [6, 6.07) is 4.72. The molecule has 1 aliphatic heterocycles. The molecule has 122 valence electrons. The first-order valence-electron chi connectivity index (χ1n) is 6.86. The van der Waals surface area contributed by atoms with Gasteiger partial charge in [-0.25, -0.2) is 13.8 Å². The van der Waals surface area contributed by atoms with Crippen molar-refractivity contribution in [2.24, 2.45) is 5.73 Å². The summed E-state index contributed by atoms with van der Waals surface area (Å²) in [7, 11) is 0.500. The minimum Gasteiger partial charge on any atom is -0.477 e. The van der Waals surface area contributed by atoms with E-state index in [0.717, 1.165) is 12.5 Å². The third-order valence-electron chi connectivity index (χ3n) is 3.37. The fourth-order valence-electron chi connectivity index (χ4n) is 2.40. The zero-order valence-corrected chi connectivity index (χ0v) is 12.4. The van der Waals surface area contributed by atoms with Crippen molar-refractivity contribution in [3.8, 4) is 17.0 Å². The third kappa shape index (κ3) is 3.44. The van der Waals surface area contributed by atoms with Crippen LogP contribution >= 0.6 is 0 Å². The summed E-state index contributed by atoms with van der Waals surface area (Å²) in [4.78, 5) is 15.4. The summed E-state index contributed by atoms with van der Waals surface area (Å²) in [6.45, 7) is 0.480. The number of alkyl halides is 1. The Morgan fingerprint density at radius 2 is 1.96 bits per heavy atom. The number of rotatable bonds is 2. The fraction of sp³-hybridized carbons (Fsp3) is 0.250. The van der Waals surface area contributed by atoms with Gasteiger partial charge >= 0.3 is 0 Å². The summed E-state index contributed by atoms with van der Waals surface area (Å²) in [5.74, 6) is -1.80. The van der Waals surface area contributed by atoms with Crippen molar-refractivity contribution >= 4 is 5.91 Å². The molecule has 4 nitrogen and oxygen atoms in total. The van der Waals surface area contributed by atoms with Crippen molar-refractivity contribution in [3.63, 3.8) is 0 Å². The number of nitrogens with zero attached hydrogens (tertiary/aromatic N) is 1. The Morgan fingerprint density at radius 3 is 2.61 bits per heavy atom. The highest BCUT2D eigenvalue weighted by atomic mass is 19.1. The highest BCUT2D eigenvalue weighted by molar-refractivity contribution is 5.93. The van der Waals surface area contributed by atoms with E-state index in [1.54, 1.807) is 0 Å². The molecule has 0 saturated carbocycles. The minimum atomic E-state index is -0.726. The molecule has 2 aromatic rings. The van der Waals surface area contributed by atoms with Crippen molar-refractivity contribution in [1.29, 1.82) is 0 Å². The number of amides is 1. The second kappa shape index (κ2) is 7.13. The molecule has 7 heteroatoms. The number of benzene rings is 1. The van der Waals surface area contributed by atoms with E-state index in [1.807, 2.05) is 0 Å². The number of primary amides is 1. The van der Waals surface area contributed by atoms with Crippen LogP contribution in [0.3, 0.4) is 0 Å². The molecule has 0 unspecified atom stereocenters. The molecule has 1 aromatic carbocycles. The predicted octanol–water partition coefficient (Wildman–Crippen LogP) is 3.04. The Balaban J connectivity index is 0.000000924. The minimum absolute atomic E-state index is 0.00521. The SMILES string of the molecule is CF.NC(=O)c1cc(-c2ccc(F)cc2F)c2c(n1)OCCC2. The van der Waals surface area contributed by atoms with Crippen LogP contribution in [0.2, 0.25) is 0 Å². The maximum atomic E-state index is 14.0. The lowest BCUT2D eigenvalue weighted by molar-refractivity contribution is 0.0994. The van der Waals surface area contributed by atoms with Gasteiger partial charge in [0.2, 0.25) is 5.88 Å². The van der Waals surface area contributed by atoms with E-state index in [9.17, 15) is 18.0 Å². The molecule has 2 heterocycles. The predicted molar refractivity (Wildman–Crippen MR) is 79.0 cm³/mol. The fourth-order valence-corrected chi connectivity index (χ4v) is 2.40. The first kappa shape index (κ1) is 16.8. The van der Waals surface area contributed by atoms with Gasteiger partial charge in [-0.05, 0) is 36.6 Å². The monoisotopic (exact) mass is 324 g/mol. The number of pyridine rings is 1. The van der Waals surface area contributed by atoms with Crippen LogP contribution in [0, 0.1) is 11.6 Å². The topological polar surface area (TPSA) is 65.2 Å². The molecule has 1 aliphatic rings. The van der Waals surface area contributed by atoms with Gasteiger partial charge in [-0.15, -0.1) is 0 Å². The zero-order valence-electron chi connectivity index (χ0n) is 12.4. The van der Waals surface area contributed by atoms with Crippen molar-refractivity contribution in [1.82, 2.24) is 4.98 Å². The van der Waals surface area contributed by atoms with Crippen LogP contribution in [0.15, 0.2) is 24.3 Å². The second-order valence-corrected chi connectivity index (χ2v) is 4.78. The normalized spacial score (nSPS) is 12.5. The zero-order chi connectivity index (χ0) is 17.0. The highest BCUT2D eigenvalue weighted by Gasteiger charge is 2.22. The Morgan fingerprint density at radius 1 is 1.22 bits per heavy atom. The highest BCUT2D eigenvalue weighted by Crippen LogP contribution is 2.35. The van der Waals surface area contributed by atoms with Gasteiger partial charge in [0.05, 0.1) is 13.8 Å². The maximum Gasteiger partial charge on any atom is 0.267 e. The van der Waals surface area contributed by atoms with Gasteiger partial charge in [-0.2, -0.15) is 0 Å². The molecule has 0 atom stereocenters. The van der Waals surface area contributed by atoms with E-state index >= 15 is 0 Å². The molecule has 0 bridgehead atoms. The van der Waals surface area contributed by atoms with Crippen molar-refractivity contribution in [2.45, 2.75) is 12.8 Å². The molecule has 1 aromatic heterocycles. The van der Waals surface area contributed by atoms with Gasteiger partial charge in [0.25, 0.3) is 5.91 Å². The van der Waals surface area contributed by atoms with Crippen LogP contribution in [-0.2, 0) is 6.42 Å². The number of carbonyl (C=O) groups excluding carboxylic acids is 1. The summed E-state index contributed by atoms with van der Waals surface area (Å²) < 4.78 is 42.0. The van der Waals surface area contributed by atoms with Gasteiger partial charge in [0.15, 0.2) is 0 Å². The van der Waals surface area contributed by atoms with E-state index in [-0.39, 0.29) is 17.1 Å². The molecule has 3 rings (SSSR count). The number of halogens is 3. The van der Waals surface area contributed by atoms with Gasteiger partial charge < -0.3 is 10.5 Å². The van der Waals surface area contributed by atoms with E-state index in [1.165, 1.54) is 18.2 Å². The van der Waals surface area contributed by atoms with E-state index in [4.69, 9.17) is 10.5 Å². The van der Waals surface area contributed by atoms with E-state index in [0.29, 0.717) is 31.3 Å². The molecule has 23 heavy (non-hydrogen) atoms. The number of hydrogen-bond donors (Lipinski definition) is 1. The van der Waals surface area contributed by atoms with E-state index in [2.05, 4.69) is 4.98 Å². The molecule has 0 radical (unpaired) electrons. The molecular formula is C16H15F3N2O2. The molecule has 0 aliphatic carbocycles. The Kier molecular flexibility index (Phi) is 5.20. The number of hydrogen-bond acceptors (Lipinski definition) is 3. The van der Waals surface area contributed by atoms with Crippen LogP contribution in [-0.4, -0.2) is 24.7 Å². The smallest absolute Gasteiger partial charge is 0.267 e. The quantitative estimate of drug-likeness (QED) is 0.923. The van der Waals surface area contributed by atoms with Crippen molar-refractivity contribution < 1.29 is 22.7 Å². The second-order valence-electron chi connectivity index (χ2n) is 4.78. The Labute approximate surface area is 131 Å². The molecule has 1 amide bonds. The number of aromatic nitrogens is 1. The van der Waals surface area contributed by atoms with Gasteiger partial charge in [-0.3, -0.25) is 9.18 Å². The summed E-state index contributed by atoms with van der Waals surface area (Å²) in [5.41, 5.74) is 6.61. The third-order valence-corrected chi connectivity index (χ3v) is 3.37. The lowest BCUT2D eigenvalue weighted by Crippen LogP contribution is -2.18. The Hall–Kier alpha value is -2.57. The first-order chi connectivity index (χ1) is 11.1. The average molecular weight is 324 g/mol. The van der Waals surface area contributed by atoms with Crippen LogP contribution < -0.4 is 10.5 Å². The number of carbonyl (C=O) groups is 1. The van der Waals surface area contributed by atoms with Crippen LogP contribution in [0.5, 0.6) is 5.88 Å². The maximum absolute atomic E-state index is 14.0. The number of ether oxygens (including phenoxy) is 1. The average Bonchev–Trinajstić information content (AvgIpc) is 2.56. The lowest BCUT2D eigenvalue weighted by atomic mass is 9.95. The number of fused-ring (bicyclic) bond motifs is 1. The van der Waals surface area contributed by atoms with Gasteiger partial charge in [0.1, 0.15) is 17.3 Å². The van der Waals surface area contributed by atoms with Crippen LogP contribution in [0.25, 0.3) is 11.1 Å². The summed E-state index contributed by atoms with van der Waals surface area (Å²) in [5, 5.41) is 0. The summed E-state index contributed by atoms with van der Waals surface area (Å²) in [6.07, 6.45) is 1.41. The lowest BCUT2D eigenvalue weighted by Gasteiger charge is -2.20. The number of nitrogens with two attached hydrogens (primary N) is 1. The van der Waals surface area contributed by atoms with Crippen LogP contribution in [0.4, 0.5) is 13.2 Å². The summed E-state index contributed by atoms with van der Waals surface area (Å²) >= 11 is 0. The molecule has 0 saturated heterocycles. The largest absolute Gasteiger partial charge is 0.477 e. The molecule has 2 N–H and O–H groups in total. The molecule has 0 fully saturated rings. The van der Waals surface area contributed by atoms with Gasteiger partial charge in [0, 0.05) is 17.2 Å². The van der Waals surface area contributed by atoms with Crippen molar-refractivity contribution in [3.05, 3.63) is 47.2 Å².